The fourth-order valence-electron chi connectivity index (χ4n) is 2.59. The molecule has 0 spiro atoms. The van der Waals surface area contributed by atoms with Crippen molar-refractivity contribution in [1.29, 1.82) is 0 Å². The van der Waals surface area contributed by atoms with Gasteiger partial charge >= 0.3 is 0 Å². The van der Waals surface area contributed by atoms with Crippen molar-refractivity contribution in [3.8, 4) is 0 Å². The average molecular weight is 291 g/mol. The van der Waals surface area contributed by atoms with Gasteiger partial charge in [0.2, 0.25) is 0 Å². The Kier molecular flexibility index (Phi) is 2.97. The smallest absolute Gasteiger partial charge is 0.180 e. The molecule has 0 radical (unpaired) electrons. The molecule has 0 saturated carbocycles. The van der Waals surface area contributed by atoms with Gasteiger partial charge in [0.1, 0.15) is 11.8 Å². The van der Waals surface area contributed by atoms with Gasteiger partial charge in [-0.2, -0.15) is 5.10 Å². The van der Waals surface area contributed by atoms with Crippen molar-refractivity contribution in [2.75, 3.05) is 0 Å². The lowest BCUT2D eigenvalue weighted by molar-refractivity contribution is 0.556. The third kappa shape index (κ3) is 1.71. The molecule has 106 valence electrons. The van der Waals surface area contributed by atoms with Crippen LogP contribution in [0.3, 0.4) is 0 Å². The molecule has 0 bridgehead atoms. The average Bonchev–Trinajstić information content (AvgIpc) is 3.05. The second kappa shape index (κ2) is 4.55. The molecule has 0 saturated heterocycles. The van der Waals surface area contributed by atoms with Gasteiger partial charge in [0, 0.05) is 13.6 Å². The molecule has 0 aliphatic carbocycles. The Morgan fingerprint density at radius 3 is 2.80 bits per heavy atom. The van der Waals surface area contributed by atoms with Gasteiger partial charge in [0.15, 0.2) is 16.2 Å². The highest BCUT2D eigenvalue weighted by molar-refractivity contribution is 7.71. The van der Waals surface area contributed by atoms with E-state index in [-0.39, 0.29) is 6.04 Å². The summed E-state index contributed by atoms with van der Waals surface area (Å²) in [5, 5.41) is 12.7. The zero-order valence-electron chi connectivity index (χ0n) is 12.0. The zero-order chi connectivity index (χ0) is 14.4. The number of rotatable bonds is 3. The molecular weight excluding hydrogens is 274 g/mol. The Morgan fingerprint density at radius 2 is 2.20 bits per heavy atom. The summed E-state index contributed by atoms with van der Waals surface area (Å²) < 4.78 is 6.60. The highest BCUT2D eigenvalue weighted by Gasteiger charge is 2.21. The molecule has 0 aliphatic rings. The van der Waals surface area contributed by atoms with E-state index in [1.165, 1.54) is 0 Å². The molecular formula is C12H17N7S. The van der Waals surface area contributed by atoms with E-state index < -0.39 is 0 Å². The lowest BCUT2D eigenvalue weighted by Crippen LogP contribution is -2.14. The number of aryl methyl sites for hydroxylation is 3. The quantitative estimate of drug-likeness (QED) is 0.749. The Labute approximate surface area is 121 Å². The van der Waals surface area contributed by atoms with Crippen LogP contribution in [0.2, 0.25) is 0 Å². The fraction of sp³-hybridized carbons (Fsp3) is 0.500. The number of nitrogens with zero attached hydrogens (tertiary/aromatic N) is 6. The van der Waals surface area contributed by atoms with E-state index in [9.17, 15) is 0 Å². The number of aromatic nitrogens is 7. The first-order chi connectivity index (χ1) is 9.54. The minimum atomic E-state index is -0.00912. The van der Waals surface area contributed by atoms with E-state index in [4.69, 9.17) is 12.2 Å². The Bertz CT molecular complexity index is 819. The summed E-state index contributed by atoms with van der Waals surface area (Å²) >= 11 is 5.48. The second-order valence-electron chi connectivity index (χ2n) is 4.88. The summed E-state index contributed by atoms with van der Waals surface area (Å²) in [6, 6.07) is -0.00912. The molecule has 0 aromatic carbocycles. The van der Waals surface area contributed by atoms with E-state index in [0.29, 0.717) is 4.77 Å². The predicted octanol–water partition coefficient (Wildman–Crippen LogP) is 1.96. The van der Waals surface area contributed by atoms with Crippen LogP contribution in [0.15, 0.2) is 6.33 Å². The van der Waals surface area contributed by atoms with Crippen molar-refractivity contribution >= 4 is 23.4 Å². The Balaban J connectivity index is 2.28. The van der Waals surface area contributed by atoms with Crippen LogP contribution < -0.4 is 0 Å². The first kappa shape index (κ1) is 13.0. The normalized spacial score (nSPS) is 13.2. The molecule has 3 heterocycles. The molecule has 8 heteroatoms. The van der Waals surface area contributed by atoms with Crippen LogP contribution in [0.25, 0.3) is 11.2 Å². The molecule has 0 aliphatic heterocycles. The number of H-pyrrole nitrogens is 1. The maximum Gasteiger partial charge on any atom is 0.180 e. The minimum absolute atomic E-state index is 0.00912. The van der Waals surface area contributed by atoms with E-state index in [1.54, 1.807) is 6.33 Å². The van der Waals surface area contributed by atoms with Crippen LogP contribution in [0.4, 0.5) is 0 Å². The van der Waals surface area contributed by atoms with Gasteiger partial charge in [0.25, 0.3) is 0 Å². The van der Waals surface area contributed by atoms with Gasteiger partial charge in [-0.05, 0) is 33.0 Å². The van der Waals surface area contributed by atoms with Crippen LogP contribution in [0.1, 0.15) is 31.4 Å². The van der Waals surface area contributed by atoms with Crippen LogP contribution in [0, 0.1) is 11.7 Å². The summed E-state index contributed by atoms with van der Waals surface area (Å²) in [6.45, 7) is 6.91. The van der Waals surface area contributed by atoms with Crippen LogP contribution in [-0.4, -0.2) is 34.1 Å². The van der Waals surface area contributed by atoms with Gasteiger partial charge in [-0.25, -0.2) is 4.68 Å². The van der Waals surface area contributed by atoms with Gasteiger partial charge < -0.3 is 9.55 Å². The van der Waals surface area contributed by atoms with Crippen molar-refractivity contribution in [3.05, 3.63) is 22.6 Å². The molecule has 0 amide bonds. The molecule has 7 nitrogen and oxygen atoms in total. The van der Waals surface area contributed by atoms with Gasteiger partial charge in [0.05, 0.1) is 11.7 Å². The third-order valence-electron chi connectivity index (χ3n) is 3.59. The number of imidazole rings is 1. The molecule has 20 heavy (non-hydrogen) atoms. The van der Waals surface area contributed by atoms with Crippen LogP contribution >= 0.6 is 12.2 Å². The highest BCUT2D eigenvalue weighted by atomic mass is 32.1. The van der Waals surface area contributed by atoms with E-state index in [0.717, 1.165) is 29.2 Å². The number of fused-ring (bicyclic) bond motifs is 1. The summed E-state index contributed by atoms with van der Waals surface area (Å²) in [6.07, 6.45) is 1.70. The van der Waals surface area contributed by atoms with Crippen LogP contribution in [0.5, 0.6) is 0 Å². The predicted molar refractivity (Wildman–Crippen MR) is 78.1 cm³/mol. The highest BCUT2D eigenvalue weighted by Crippen LogP contribution is 2.24. The first-order valence-corrected chi connectivity index (χ1v) is 6.97. The molecule has 3 aromatic rings. The first-order valence-electron chi connectivity index (χ1n) is 6.56. The lowest BCUT2D eigenvalue weighted by Gasteiger charge is -2.14. The summed E-state index contributed by atoms with van der Waals surface area (Å²) in [5.74, 6) is 0.864. The lowest BCUT2D eigenvalue weighted by atomic mass is 10.3. The number of hydrogen-bond acceptors (Lipinski definition) is 4. The monoisotopic (exact) mass is 291 g/mol. The molecule has 1 atom stereocenters. The van der Waals surface area contributed by atoms with Crippen molar-refractivity contribution in [3.63, 3.8) is 0 Å². The molecule has 0 fully saturated rings. The molecule has 1 N–H and O–H groups in total. The maximum atomic E-state index is 5.48. The van der Waals surface area contributed by atoms with E-state index >= 15 is 0 Å². The molecule has 3 rings (SSSR count). The third-order valence-corrected chi connectivity index (χ3v) is 3.89. The second-order valence-corrected chi connectivity index (χ2v) is 5.26. The summed E-state index contributed by atoms with van der Waals surface area (Å²) in [4.78, 5) is 3.25. The van der Waals surface area contributed by atoms with Crippen molar-refractivity contribution in [1.82, 2.24) is 34.1 Å². The van der Waals surface area contributed by atoms with E-state index in [2.05, 4.69) is 38.7 Å². The number of hydrogen-bond donors (Lipinski definition) is 1. The topological polar surface area (TPSA) is 69.2 Å². The zero-order valence-corrected chi connectivity index (χ0v) is 12.8. The maximum absolute atomic E-state index is 5.48. The standard InChI is InChI=1S/C12H17N7S/c1-5-18-11-9(7(2)16-18)14-12(20)19(11)8(3)10-15-13-6-17(10)4/h6,8H,5H2,1-4H3,(H,14,20). The SMILES string of the molecule is CCn1nc(C)c2[nH]c(=S)n(C(C)c3nncn3C)c21. The molecule has 3 aromatic heterocycles. The van der Waals surface area contributed by atoms with Crippen LogP contribution in [-0.2, 0) is 13.6 Å². The van der Waals surface area contributed by atoms with Gasteiger partial charge in [-0.15, -0.1) is 10.2 Å². The van der Waals surface area contributed by atoms with Crippen molar-refractivity contribution < 1.29 is 0 Å². The van der Waals surface area contributed by atoms with Crippen molar-refractivity contribution in [2.45, 2.75) is 33.4 Å². The van der Waals surface area contributed by atoms with E-state index in [1.807, 2.05) is 23.2 Å². The minimum Gasteiger partial charge on any atom is -0.328 e. The molecule has 1 unspecified atom stereocenters. The van der Waals surface area contributed by atoms with Crippen molar-refractivity contribution in [2.24, 2.45) is 7.05 Å². The summed E-state index contributed by atoms with van der Waals surface area (Å²) in [5.41, 5.74) is 2.95. The number of aromatic amines is 1. The summed E-state index contributed by atoms with van der Waals surface area (Å²) in [7, 11) is 1.93. The number of nitrogens with one attached hydrogen (secondary N) is 1. The Morgan fingerprint density at radius 1 is 1.45 bits per heavy atom. The largest absolute Gasteiger partial charge is 0.328 e. The van der Waals surface area contributed by atoms with Gasteiger partial charge in [-0.1, -0.05) is 0 Å². The Hall–Kier alpha value is -1.96. The van der Waals surface area contributed by atoms with Gasteiger partial charge in [-0.3, -0.25) is 4.57 Å². The fourth-order valence-corrected chi connectivity index (χ4v) is 2.94.